The molecule has 0 atom stereocenters. The third kappa shape index (κ3) is 9.17. The van der Waals surface area contributed by atoms with Crippen LogP contribution in [-0.2, 0) is 29.7 Å². The quantitative estimate of drug-likeness (QED) is 0.478. The van der Waals surface area contributed by atoms with Crippen LogP contribution in [0.4, 0.5) is 0 Å². The summed E-state index contributed by atoms with van der Waals surface area (Å²) in [5.41, 5.74) is 0. The minimum atomic E-state index is -3.15. The summed E-state index contributed by atoms with van der Waals surface area (Å²) in [5, 5.41) is 0. The van der Waals surface area contributed by atoms with Gasteiger partial charge in [-0.05, 0) is 52.4 Å². The topological polar surface area (TPSA) is 64.6 Å². The van der Waals surface area contributed by atoms with Gasteiger partial charge in [-0.15, -0.1) is 0 Å². The van der Waals surface area contributed by atoms with Crippen molar-refractivity contribution in [3.63, 3.8) is 0 Å². The summed E-state index contributed by atoms with van der Waals surface area (Å²) in [6.07, 6.45) is 0. The summed E-state index contributed by atoms with van der Waals surface area (Å²) in [5.74, 6) is 0. The molecular weight excluding hydrogens is 385 g/mol. The van der Waals surface area contributed by atoms with Crippen LogP contribution in [0.2, 0.25) is 52.4 Å². The van der Waals surface area contributed by atoms with Gasteiger partial charge in [-0.2, -0.15) is 0 Å². The molecular formula is C11H34O7Si5. The second kappa shape index (κ2) is 8.95. The molecule has 23 heavy (non-hydrogen) atoms. The maximum Gasteiger partial charge on any atom is 0.669 e. The summed E-state index contributed by atoms with van der Waals surface area (Å²) in [6.45, 7) is 16.3. The highest BCUT2D eigenvalue weighted by molar-refractivity contribution is 6.87. The van der Waals surface area contributed by atoms with E-state index in [0.717, 1.165) is 0 Å². The van der Waals surface area contributed by atoms with Crippen molar-refractivity contribution in [1.82, 2.24) is 0 Å². The minimum Gasteiger partial charge on any atom is -0.440 e. The van der Waals surface area contributed by atoms with Gasteiger partial charge in [0.05, 0.1) is 0 Å². The molecule has 0 aliphatic heterocycles. The minimum absolute atomic E-state index is 1.16. The lowest BCUT2D eigenvalue weighted by atomic mass is 11.8. The molecule has 12 heteroatoms. The zero-order chi connectivity index (χ0) is 18.5. The smallest absolute Gasteiger partial charge is 0.440 e. The van der Waals surface area contributed by atoms with Crippen LogP contribution >= 0.6 is 0 Å². The van der Waals surface area contributed by atoms with E-state index in [-0.39, 0.29) is 0 Å². The fourth-order valence-electron chi connectivity index (χ4n) is 2.49. The third-order valence-electron chi connectivity index (χ3n) is 2.62. The fraction of sp³-hybridized carbons (Fsp3) is 1.00. The van der Waals surface area contributed by atoms with Gasteiger partial charge in [0, 0.05) is 21.3 Å². The van der Waals surface area contributed by atoms with Gasteiger partial charge in [0.15, 0.2) is 9.04 Å². The summed E-state index contributed by atoms with van der Waals surface area (Å²) >= 11 is 0. The highest BCUT2D eigenvalue weighted by Crippen LogP contribution is 2.25. The van der Waals surface area contributed by atoms with E-state index in [4.69, 9.17) is 29.7 Å². The van der Waals surface area contributed by atoms with E-state index in [0.29, 0.717) is 0 Å². The lowest BCUT2D eigenvalue weighted by Gasteiger charge is -2.40. The molecule has 0 aromatic rings. The predicted octanol–water partition coefficient (Wildman–Crippen LogP) is 2.52. The molecule has 0 heterocycles. The summed E-state index contributed by atoms with van der Waals surface area (Å²) in [4.78, 5) is 0. The van der Waals surface area contributed by atoms with Gasteiger partial charge in [-0.25, -0.2) is 0 Å². The van der Waals surface area contributed by atoms with Crippen molar-refractivity contribution in [2.24, 2.45) is 0 Å². The Morgan fingerprint density at radius 1 is 0.565 bits per heavy atom. The van der Waals surface area contributed by atoms with Crippen LogP contribution in [0.3, 0.4) is 0 Å². The van der Waals surface area contributed by atoms with Crippen molar-refractivity contribution < 1.29 is 29.7 Å². The summed E-state index contributed by atoms with van der Waals surface area (Å²) < 4.78 is 40.7. The Morgan fingerprint density at radius 2 is 0.913 bits per heavy atom. The molecule has 0 aromatic heterocycles. The van der Waals surface area contributed by atoms with Crippen molar-refractivity contribution >= 4 is 43.8 Å². The first kappa shape index (κ1) is 23.8. The van der Waals surface area contributed by atoms with E-state index >= 15 is 0 Å². The second-order valence-corrected chi connectivity index (χ2v) is 22.9. The first-order valence-electron chi connectivity index (χ1n) is 7.66. The predicted molar refractivity (Wildman–Crippen MR) is 102 cm³/mol. The van der Waals surface area contributed by atoms with Gasteiger partial charge < -0.3 is 29.7 Å². The summed E-state index contributed by atoms with van der Waals surface area (Å²) in [6, 6.07) is 0. The highest BCUT2D eigenvalue weighted by atomic mass is 28.5. The maximum absolute atomic E-state index is 6.30. The van der Waals surface area contributed by atoms with E-state index in [1.807, 2.05) is 26.2 Å². The first-order chi connectivity index (χ1) is 10.2. The Morgan fingerprint density at radius 3 is 1.26 bits per heavy atom. The monoisotopic (exact) mass is 418 g/mol. The molecule has 7 nitrogen and oxygen atoms in total. The van der Waals surface area contributed by atoms with Gasteiger partial charge in [-0.1, -0.05) is 0 Å². The van der Waals surface area contributed by atoms with Crippen LogP contribution in [0, 0.1) is 0 Å². The van der Waals surface area contributed by atoms with Gasteiger partial charge in [0.25, 0.3) is 0 Å². The number of rotatable bonds is 11. The van der Waals surface area contributed by atoms with Gasteiger partial charge >= 0.3 is 34.7 Å². The molecule has 140 valence electrons. The van der Waals surface area contributed by atoms with Gasteiger partial charge in [0.1, 0.15) is 0 Å². The van der Waals surface area contributed by atoms with Crippen LogP contribution in [0.1, 0.15) is 0 Å². The summed E-state index contributed by atoms with van der Waals surface area (Å²) in [7, 11) is -6.97. The van der Waals surface area contributed by atoms with Crippen molar-refractivity contribution in [3.8, 4) is 0 Å². The molecule has 0 aromatic carbocycles. The first-order valence-corrected chi connectivity index (χ1v) is 20.5. The zero-order valence-corrected chi connectivity index (χ0v) is 21.6. The Balaban J connectivity index is 4.98. The highest BCUT2D eigenvalue weighted by Gasteiger charge is 2.51. The van der Waals surface area contributed by atoms with E-state index in [2.05, 4.69) is 26.2 Å². The molecule has 0 aliphatic carbocycles. The lowest BCUT2D eigenvalue weighted by Crippen LogP contribution is -2.60. The molecule has 0 N–H and O–H groups in total. The van der Waals surface area contributed by atoms with Crippen LogP contribution in [0.5, 0.6) is 0 Å². The van der Waals surface area contributed by atoms with Crippen molar-refractivity contribution in [3.05, 3.63) is 0 Å². The molecule has 0 spiro atoms. The van der Waals surface area contributed by atoms with Gasteiger partial charge in [0.2, 0.25) is 0 Å². The molecule has 0 bridgehead atoms. The molecule has 0 radical (unpaired) electrons. The van der Waals surface area contributed by atoms with E-state index in [1.165, 1.54) is 21.3 Å². The average molecular weight is 419 g/mol. The van der Waals surface area contributed by atoms with Crippen LogP contribution in [-0.4, -0.2) is 65.1 Å². The molecule has 0 unspecified atom stereocenters. The Bertz CT molecular complexity index is 352. The zero-order valence-electron chi connectivity index (χ0n) is 16.4. The molecule has 0 amide bonds. The number of hydrogen-bond acceptors (Lipinski definition) is 7. The van der Waals surface area contributed by atoms with E-state index in [1.54, 1.807) is 0 Å². The average Bonchev–Trinajstić information content (AvgIpc) is 2.31. The molecule has 0 saturated heterocycles. The fourth-order valence-corrected chi connectivity index (χ4v) is 22.1. The Labute approximate surface area is 147 Å². The molecule has 0 saturated carbocycles. The Hall–Kier alpha value is 0.804. The normalized spacial score (nSPS) is 14.6. The van der Waals surface area contributed by atoms with Crippen molar-refractivity contribution in [2.75, 3.05) is 21.3 Å². The maximum atomic E-state index is 6.30. The van der Waals surface area contributed by atoms with Crippen molar-refractivity contribution in [1.29, 1.82) is 0 Å². The largest absolute Gasteiger partial charge is 0.669 e. The number of hydrogen-bond donors (Lipinski definition) is 0. The van der Waals surface area contributed by atoms with Crippen molar-refractivity contribution in [2.45, 2.75) is 52.4 Å². The van der Waals surface area contributed by atoms with E-state index in [9.17, 15) is 0 Å². The van der Waals surface area contributed by atoms with Crippen LogP contribution < -0.4 is 0 Å². The molecule has 0 aliphatic rings. The van der Waals surface area contributed by atoms with Gasteiger partial charge in [-0.3, -0.25) is 0 Å². The lowest BCUT2D eigenvalue weighted by molar-refractivity contribution is 0.0404. The second-order valence-electron chi connectivity index (χ2n) is 6.78. The van der Waals surface area contributed by atoms with Crippen LogP contribution in [0.15, 0.2) is 0 Å². The molecule has 0 rings (SSSR count). The standard InChI is InChI=1S/C11H34O7Si5/c1-12-23(13-2,14-3)18-22(10,11)17-21(8,9)16-20(6,7)15-19(4)5/h19H,1-11H3. The van der Waals surface area contributed by atoms with Crippen LogP contribution in [0.25, 0.3) is 0 Å². The Kier molecular flexibility index (Phi) is 9.26. The third-order valence-corrected chi connectivity index (χ3v) is 19.1. The van der Waals surface area contributed by atoms with E-state index < -0.39 is 43.8 Å². The SMILES string of the molecule is CO[Si](OC)(OC)O[Si](C)(C)O[Si](C)(C)O[Si](C)(C)O[SiH](C)C. The molecule has 0 fully saturated rings.